The van der Waals surface area contributed by atoms with Gasteiger partial charge in [-0.3, -0.25) is 4.79 Å². The zero-order valence-corrected chi connectivity index (χ0v) is 13.0. The summed E-state index contributed by atoms with van der Waals surface area (Å²) in [6.07, 6.45) is 0.00227. The third-order valence-electron chi connectivity index (χ3n) is 3.93. The molecule has 3 rings (SSSR count). The van der Waals surface area contributed by atoms with Crippen LogP contribution in [0.15, 0.2) is 57.7 Å². The maximum Gasteiger partial charge on any atom is 0.343 e. The number of rotatable bonds is 4. The first-order chi connectivity index (χ1) is 11.5. The first-order valence-corrected chi connectivity index (χ1v) is 7.47. The van der Waals surface area contributed by atoms with Crippen LogP contribution in [-0.2, 0) is 4.79 Å². The summed E-state index contributed by atoms with van der Waals surface area (Å²) in [5.41, 5.74) is 0.131. The Labute approximate surface area is 137 Å². The van der Waals surface area contributed by atoms with Gasteiger partial charge in [0.1, 0.15) is 22.9 Å². The Morgan fingerprint density at radius 3 is 2.50 bits per heavy atom. The summed E-state index contributed by atoms with van der Waals surface area (Å²) in [5.74, 6) is -1.49. The Hall–Kier alpha value is -2.95. The van der Waals surface area contributed by atoms with Crippen molar-refractivity contribution < 1.29 is 18.7 Å². The Morgan fingerprint density at radius 2 is 1.83 bits per heavy atom. The van der Waals surface area contributed by atoms with Crippen LogP contribution in [0, 0.1) is 5.82 Å². The van der Waals surface area contributed by atoms with E-state index in [4.69, 9.17) is 4.42 Å². The fraction of sp³-hybridized carbons (Fsp3) is 0.158. The van der Waals surface area contributed by atoms with Gasteiger partial charge in [0.2, 0.25) is 0 Å². The van der Waals surface area contributed by atoms with Gasteiger partial charge in [-0.2, -0.15) is 0 Å². The number of aromatic hydroxyl groups is 1. The molecule has 122 valence electrons. The monoisotopic (exact) mass is 326 g/mol. The van der Waals surface area contributed by atoms with Crippen LogP contribution in [0.5, 0.6) is 5.75 Å². The van der Waals surface area contributed by atoms with Crippen molar-refractivity contribution in [3.63, 3.8) is 0 Å². The molecule has 0 saturated heterocycles. The van der Waals surface area contributed by atoms with E-state index in [2.05, 4.69) is 0 Å². The number of hydrogen-bond donors (Lipinski definition) is 1. The number of fused-ring (bicyclic) bond motifs is 1. The zero-order valence-electron chi connectivity index (χ0n) is 13.0. The average molecular weight is 326 g/mol. The SMILES string of the molecule is CC(=O)C[C@@H](c1ccc(F)cc1)c1c(O)c2ccccc2oc1=O. The molecule has 0 saturated carbocycles. The van der Waals surface area contributed by atoms with E-state index >= 15 is 0 Å². The van der Waals surface area contributed by atoms with Crippen LogP contribution in [0.4, 0.5) is 4.39 Å². The topological polar surface area (TPSA) is 67.5 Å². The predicted molar refractivity (Wildman–Crippen MR) is 87.7 cm³/mol. The average Bonchev–Trinajstić information content (AvgIpc) is 2.54. The number of carbonyl (C=O) groups excluding carboxylic acids is 1. The quantitative estimate of drug-likeness (QED) is 0.742. The van der Waals surface area contributed by atoms with Crippen molar-refractivity contribution in [2.24, 2.45) is 0 Å². The number of para-hydroxylation sites is 1. The summed E-state index contributed by atoms with van der Waals surface area (Å²) in [4.78, 5) is 24.1. The van der Waals surface area contributed by atoms with Gasteiger partial charge in [-0.25, -0.2) is 9.18 Å². The van der Waals surface area contributed by atoms with Crippen LogP contribution < -0.4 is 5.63 Å². The maximum absolute atomic E-state index is 13.2. The molecule has 0 amide bonds. The molecule has 0 unspecified atom stereocenters. The minimum absolute atomic E-state index is 0.00227. The highest BCUT2D eigenvalue weighted by atomic mass is 19.1. The summed E-state index contributed by atoms with van der Waals surface area (Å²) in [7, 11) is 0. The summed E-state index contributed by atoms with van der Waals surface area (Å²) in [6.45, 7) is 1.40. The maximum atomic E-state index is 13.2. The third kappa shape index (κ3) is 2.93. The van der Waals surface area contributed by atoms with E-state index in [9.17, 15) is 19.1 Å². The highest BCUT2D eigenvalue weighted by Gasteiger charge is 2.25. The lowest BCUT2D eigenvalue weighted by Crippen LogP contribution is -2.16. The van der Waals surface area contributed by atoms with Crippen molar-refractivity contribution in [3.8, 4) is 5.75 Å². The van der Waals surface area contributed by atoms with Crippen LogP contribution >= 0.6 is 0 Å². The van der Waals surface area contributed by atoms with Gasteiger partial charge >= 0.3 is 5.63 Å². The lowest BCUT2D eigenvalue weighted by atomic mass is 9.87. The predicted octanol–water partition coefficient (Wildman–Crippen LogP) is 3.75. The van der Waals surface area contributed by atoms with Gasteiger partial charge in [0, 0.05) is 12.3 Å². The molecule has 1 aromatic heterocycles. The molecule has 0 bridgehead atoms. The number of benzene rings is 2. The molecule has 1 N–H and O–H groups in total. The molecular formula is C19H15FO4. The molecule has 2 aromatic carbocycles. The van der Waals surface area contributed by atoms with Gasteiger partial charge in [-0.1, -0.05) is 24.3 Å². The molecule has 0 aliphatic rings. The highest BCUT2D eigenvalue weighted by molar-refractivity contribution is 5.85. The molecule has 0 fully saturated rings. The minimum atomic E-state index is -0.707. The molecule has 4 nitrogen and oxygen atoms in total. The van der Waals surface area contributed by atoms with Gasteiger partial charge in [0.25, 0.3) is 0 Å². The second-order valence-electron chi connectivity index (χ2n) is 5.66. The Bertz CT molecular complexity index is 957. The van der Waals surface area contributed by atoms with Crippen molar-refractivity contribution in [2.45, 2.75) is 19.3 Å². The first kappa shape index (κ1) is 15.9. The second-order valence-corrected chi connectivity index (χ2v) is 5.66. The Balaban J connectivity index is 2.24. The van der Waals surface area contributed by atoms with Crippen LogP contribution in [0.1, 0.15) is 30.4 Å². The second kappa shape index (κ2) is 6.28. The third-order valence-corrected chi connectivity index (χ3v) is 3.93. The summed E-state index contributed by atoms with van der Waals surface area (Å²) in [5, 5.41) is 11.0. The largest absolute Gasteiger partial charge is 0.507 e. The van der Waals surface area contributed by atoms with E-state index in [1.165, 1.54) is 31.2 Å². The van der Waals surface area contributed by atoms with E-state index in [-0.39, 0.29) is 29.1 Å². The number of halogens is 1. The van der Waals surface area contributed by atoms with E-state index in [0.29, 0.717) is 10.9 Å². The molecule has 5 heteroatoms. The van der Waals surface area contributed by atoms with Crippen LogP contribution in [-0.4, -0.2) is 10.9 Å². The zero-order chi connectivity index (χ0) is 17.3. The van der Waals surface area contributed by atoms with Crippen molar-refractivity contribution >= 4 is 16.8 Å². The van der Waals surface area contributed by atoms with Crippen molar-refractivity contribution in [1.82, 2.24) is 0 Å². The summed E-state index contributed by atoms with van der Waals surface area (Å²) < 4.78 is 18.5. The number of Topliss-reactive ketones (excluding diaryl/α,β-unsaturated/α-hetero) is 1. The van der Waals surface area contributed by atoms with Crippen molar-refractivity contribution in [1.29, 1.82) is 0 Å². The smallest absolute Gasteiger partial charge is 0.343 e. The number of ketones is 1. The molecule has 1 heterocycles. The molecule has 1 atom stereocenters. The molecular weight excluding hydrogens is 311 g/mol. The van der Waals surface area contributed by atoms with E-state index in [1.54, 1.807) is 24.3 Å². The number of hydrogen-bond acceptors (Lipinski definition) is 4. The first-order valence-electron chi connectivity index (χ1n) is 7.47. The molecule has 0 spiro atoms. The Morgan fingerprint density at radius 1 is 1.17 bits per heavy atom. The van der Waals surface area contributed by atoms with E-state index in [0.717, 1.165) is 0 Å². The van der Waals surface area contributed by atoms with Gasteiger partial charge in [0.05, 0.1) is 10.9 Å². The molecule has 0 radical (unpaired) electrons. The van der Waals surface area contributed by atoms with Crippen molar-refractivity contribution in [2.75, 3.05) is 0 Å². The molecule has 0 aliphatic heterocycles. The molecule has 24 heavy (non-hydrogen) atoms. The fourth-order valence-corrected chi connectivity index (χ4v) is 2.82. The van der Waals surface area contributed by atoms with Gasteiger partial charge in [-0.05, 0) is 36.8 Å². The summed E-state index contributed by atoms with van der Waals surface area (Å²) >= 11 is 0. The fourth-order valence-electron chi connectivity index (χ4n) is 2.82. The molecule has 0 aliphatic carbocycles. The van der Waals surface area contributed by atoms with Crippen LogP contribution in [0.2, 0.25) is 0 Å². The lowest BCUT2D eigenvalue weighted by Gasteiger charge is -2.17. The van der Waals surface area contributed by atoms with Gasteiger partial charge in [0.15, 0.2) is 0 Å². The van der Waals surface area contributed by atoms with E-state index in [1.807, 2.05) is 0 Å². The highest BCUT2D eigenvalue weighted by Crippen LogP contribution is 2.36. The van der Waals surface area contributed by atoms with Gasteiger partial charge < -0.3 is 9.52 Å². The Kier molecular flexibility index (Phi) is 4.16. The molecule has 3 aromatic rings. The number of carbonyl (C=O) groups is 1. The van der Waals surface area contributed by atoms with Crippen LogP contribution in [0.3, 0.4) is 0 Å². The standard InChI is InChI=1S/C19H15FO4/c1-11(21)10-15(12-6-8-13(20)9-7-12)17-18(22)14-4-2-3-5-16(14)24-19(17)23/h2-9,15,22H,10H2,1H3/t15-/m0/s1. The van der Waals surface area contributed by atoms with Crippen LogP contribution in [0.25, 0.3) is 11.0 Å². The van der Waals surface area contributed by atoms with Gasteiger partial charge in [-0.15, -0.1) is 0 Å². The summed E-state index contributed by atoms with van der Waals surface area (Å²) in [6, 6.07) is 12.1. The van der Waals surface area contributed by atoms with Crippen molar-refractivity contribution in [3.05, 3.63) is 75.9 Å². The normalized spacial score (nSPS) is 12.2. The lowest BCUT2D eigenvalue weighted by molar-refractivity contribution is -0.117. The minimum Gasteiger partial charge on any atom is -0.507 e. The van der Waals surface area contributed by atoms with E-state index < -0.39 is 17.4 Å².